The number of carbonyl (C=O) groups is 1. The Morgan fingerprint density at radius 3 is 3.14 bits per heavy atom. The number of carbonyl (C=O) groups excluding carboxylic acids is 1. The van der Waals surface area contributed by atoms with Gasteiger partial charge in [-0.05, 0) is 44.2 Å². The Kier molecular flexibility index (Phi) is 5.10. The van der Waals surface area contributed by atoms with Gasteiger partial charge in [0.2, 0.25) is 5.91 Å². The average Bonchev–Trinajstić information content (AvgIpc) is 2.97. The van der Waals surface area contributed by atoms with Gasteiger partial charge in [0, 0.05) is 32.2 Å². The maximum atomic E-state index is 12.2. The van der Waals surface area contributed by atoms with Crippen molar-refractivity contribution < 1.29 is 9.53 Å². The summed E-state index contributed by atoms with van der Waals surface area (Å²) in [5.74, 6) is 0.0864. The van der Waals surface area contributed by atoms with E-state index < -0.39 is 0 Å². The number of H-pyrrole nitrogens is 1. The first kappa shape index (κ1) is 15.5. The largest absolute Gasteiger partial charge is 0.379 e. The molecule has 1 aliphatic heterocycles. The number of fused-ring (bicyclic) bond motifs is 1. The molecule has 2 atom stereocenters. The first-order chi connectivity index (χ1) is 10.8. The summed E-state index contributed by atoms with van der Waals surface area (Å²) in [6.07, 6.45) is 6.92. The fourth-order valence-corrected chi connectivity index (χ4v) is 3.53. The summed E-state index contributed by atoms with van der Waals surface area (Å²) < 4.78 is 5.46. The van der Waals surface area contributed by atoms with Gasteiger partial charge in [0.25, 0.3) is 0 Å². The van der Waals surface area contributed by atoms with Crippen molar-refractivity contribution in [2.45, 2.75) is 57.1 Å². The topological polar surface area (TPSA) is 79.0 Å². The van der Waals surface area contributed by atoms with Crippen molar-refractivity contribution in [1.29, 1.82) is 0 Å². The fraction of sp³-hybridized carbons (Fsp3) is 0.750. The van der Waals surface area contributed by atoms with Crippen LogP contribution in [0.25, 0.3) is 0 Å². The Morgan fingerprint density at radius 2 is 2.27 bits per heavy atom. The van der Waals surface area contributed by atoms with Crippen LogP contribution in [0.15, 0.2) is 0 Å². The van der Waals surface area contributed by atoms with Crippen molar-refractivity contribution in [3.05, 3.63) is 17.0 Å². The molecule has 3 N–H and O–H groups in total. The Hall–Kier alpha value is -1.40. The van der Waals surface area contributed by atoms with E-state index in [9.17, 15) is 4.79 Å². The van der Waals surface area contributed by atoms with Gasteiger partial charge in [-0.25, -0.2) is 0 Å². The highest BCUT2D eigenvalue weighted by molar-refractivity contribution is 5.76. The summed E-state index contributed by atoms with van der Waals surface area (Å²) in [5, 5.41) is 13.9. The second-order valence-corrected chi connectivity index (χ2v) is 6.28. The third kappa shape index (κ3) is 3.50. The van der Waals surface area contributed by atoms with Crippen LogP contribution in [0.1, 0.15) is 42.6 Å². The van der Waals surface area contributed by atoms with Crippen LogP contribution in [-0.2, 0) is 28.8 Å². The van der Waals surface area contributed by atoms with Crippen LogP contribution in [0, 0.1) is 0 Å². The van der Waals surface area contributed by atoms with Gasteiger partial charge < -0.3 is 15.4 Å². The van der Waals surface area contributed by atoms with E-state index in [2.05, 4.69) is 20.8 Å². The zero-order chi connectivity index (χ0) is 15.4. The molecule has 1 aromatic rings. The standard InChI is InChI=1S/C16H26N4O2/c1-22-15-8-9-17-10-14(15)18-16(21)7-6-13-11-4-2-3-5-12(11)19-20-13/h14-15,17H,2-10H2,1H3,(H,18,21)(H,19,20)/t14-,15+/m0/s1. The van der Waals surface area contributed by atoms with Crippen molar-refractivity contribution in [1.82, 2.24) is 20.8 Å². The third-order valence-electron chi connectivity index (χ3n) is 4.80. The number of aromatic nitrogens is 2. The normalized spacial score (nSPS) is 24.8. The predicted molar refractivity (Wildman–Crippen MR) is 83.8 cm³/mol. The second-order valence-electron chi connectivity index (χ2n) is 6.28. The van der Waals surface area contributed by atoms with Crippen LogP contribution in [-0.4, -0.2) is 48.4 Å². The molecule has 0 unspecified atom stereocenters. The summed E-state index contributed by atoms with van der Waals surface area (Å²) >= 11 is 0. The highest BCUT2D eigenvalue weighted by Crippen LogP contribution is 2.22. The first-order valence-corrected chi connectivity index (χ1v) is 8.36. The number of nitrogens with one attached hydrogen (secondary N) is 3. The highest BCUT2D eigenvalue weighted by atomic mass is 16.5. The molecule has 1 fully saturated rings. The van der Waals surface area contributed by atoms with E-state index in [0.29, 0.717) is 6.42 Å². The summed E-state index contributed by atoms with van der Waals surface area (Å²) in [5.41, 5.74) is 3.71. The van der Waals surface area contributed by atoms with Crippen LogP contribution in [0.5, 0.6) is 0 Å². The lowest BCUT2D eigenvalue weighted by molar-refractivity contribution is -0.123. The number of hydrogen-bond acceptors (Lipinski definition) is 4. The van der Waals surface area contributed by atoms with Gasteiger partial charge >= 0.3 is 0 Å². The quantitative estimate of drug-likeness (QED) is 0.749. The minimum absolute atomic E-state index is 0.0688. The number of rotatable bonds is 5. The molecule has 3 rings (SSSR count). The van der Waals surface area contributed by atoms with Crippen molar-refractivity contribution in [2.75, 3.05) is 20.2 Å². The van der Waals surface area contributed by atoms with E-state index in [0.717, 1.165) is 44.5 Å². The molecule has 0 aromatic carbocycles. The molecule has 0 bridgehead atoms. The Morgan fingerprint density at radius 1 is 1.41 bits per heavy atom. The molecule has 6 heteroatoms. The SMILES string of the molecule is CO[C@@H]1CCNC[C@@H]1NC(=O)CCc1n[nH]c2c1CCCC2. The minimum atomic E-state index is 0.0688. The molecule has 2 heterocycles. The lowest BCUT2D eigenvalue weighted by Gasteiger charge is -2.31. The minimum Gasteiger partial charge on any atom is -0.379 e. The summed E-state index contributed by atoms with van der Waals surface area (Å²) in [7, 11) is 1.71. The number of piperidine rings is 1. The monoisotopic (exact) mass is 306 g/mol. The molecule has 122 valence electrons. The lowest BCUT2D eigenvalue weighted by atomic mass is 9.94. The third-order valence-corrected chi connectivity index (χ3v) is 4.80. The van der Waals surface area contributed by atoms with E-state index in [1.165, 1.54) is 24.1 Å². The maximum Gasteiger partial charge on any atom is 0.220 e. The van der Waals surface area contributed by atoms with Crippen LogP contribution in [0.4, 0.5) is 0 Å². The molecule has 2 aliphatic rings. The van der Waals surface area contributed by atoms with E-state index in [1.807, 2.05) is 0 Å². The molecule has 0 radical (unpaired) electrons. The molecular formula is C16H26N4O2. The number of hydrogen-bond donors (Lipinski definition) is 3. The lowest BCUT2D eigenvalue weighted by Crippen LogP contribution is -2.54. The van der Waals surface area contributed by atoms with Crippen molar-refractivity contribution in [2.24, 2.45) is 0 Å². The Bertz CT molecular complexity index is 514. The zero-order valence-corrected chi connectivity index (χ0v) is 13.3. The molecule has 1 amide bonds. The van der Waals surface area contributed by atoms with Crippen molar-refractivity contribution >= 4 is 5.91 Å². The zero-order valence-electron chi connectivity index (χ0n) is 13.3. The van der Waals surface area contributed by atoms with Gasteiger partial charge in [0.15, 0.2) is 0 Å². The summed E-state index contributed by atoms with van der Waals surface area (Å²) in [6, 6.07) is 0.0688. The molecule has 0 spiro atoms. The van der Waals surface area contributed by atoms with E-state index >= 15 is 0 Å². The van der Waals surface area contributed by atoms with Crippen LogP contribution in [0.3, 0.4) is 0 Å². The molecular weight excluding hydrogens is 280 g/mol. The fourth-order valence-electron chi connectivity index (χ4n) is 3.53. The molecule has 6 nitrogen and oxygen atoms in total. The Balaban J connectivity index is 1.51. The number of amides is 1. The van der Waals surface area contributed by atoms with Gasteiger partial charge in [-0.2, -0.15) is 5.10 Å². The number of methoxy groups -OCH3 is 1. The van der Waals surface area contributed by atoms with Crippen LogP contribution in [0.2, 0.25) is 0 Å². The molecule has 1 saturated heterocycles. The van der Waals surface area contributed by atoms with E-state index in [4.69, 9.17) is 4.74 Å². The number of aryl methyl sites for hydroxylation is 2. The average molecular weight is 306 g/mol. The number of ether oxygens (including phenoxy) is 1. The van der Waals surface area contributed by atoms with Crippen LogP contribution >= 0.6 is 0 Å². The van der Waals surface area contributed by atoms with Gasteiger partial charge in [-0.15, -0.1) is 0 Å². The molecule has 1 aromatic heterocycles. The van der Waals surface area contributed by atoms with Crippen molar-refractivity contribution in [3.8, 4) is 0 Å². The van der Waals surface area contributed by atoms with Crippen molar-refractivity contribution in [3.63, 3.8) is 0 Å². The highest BCUT2D eigenvalue weighted by Gasteiger charge is 2.26. The van der Waals surface area contributed by atoms with E-state index in [1.54, 1.807) is 7.11 Å². The van der Waals surface area contributed by atoms with Gasteiger partial charge in [0.1, 0.15) is 0 Å². The molecule has 22 heavy (non-hydrogen) atoms. The maximum absolute atomic E-state index is 12.2. The van der Waals surface area contributed by atoms with Gasteiger partial charge in [0.05, 0.1) is 17.8 Å². The summed E-state index contributed by atoms with van der Waals surface area (Å²) in [4.78, 5) is 12.2. The second kappa shape index (κ2) is 7.24. The summed E-state index contributed by atoms with van der Waals surface area (Å²) in [6.45, 7) is 1.73. The van der Waals surface area contributed by atoms with E-state index in [-0.39, 0.29) is 18.1 Å². The number of aromatic amines is 1. The smallest absolute Gasteiger partial charge is 0.220 e. The number of nitrogens with zero attached hydrogens (tertiary/aromatic N) is 1. The predicted octanol–water partition coefficient (Wildman–Crippen LogP) is 0.714. The first-order valence-electron chi connectivity index (χ1n) is 8.36. The molecule has 0 saturated carbocycles. The van der Waals surface area contributed by atoms with Gasteiger partial charge in [-0.3, -0.25) is 9.89 Å². The van der Waals surface area contributed by atoms with Crippen LogP contribution < -0.4 is 10.6 Å². The molecule has 1 aliphatic carbocycles. The van der Waals surface area contributed by atoms with Gasteiger partial charge in [-0.1, -0.05) is 0 Å². The Labute approximate surface area is 131 Å².